The Balaban J connectivity index is 2.05. The van der Waals surface area contributed by atoms with Gasteiger partial charge in [-0.05, 0) is 89.4 Å². The van der Waals surface area contributed by atoms with Gasteiger partial charge in [0, 0.05) is 52.0 Å². The molecule has 1 aliphatic heterocycles. The summed E-state index contributed by atoms with van der Waals surface area (Å²) < 4.78 is 34.5. The summed E-state index contributed by atoms with van der Waals surface area (Å²) in [5.41, 5.74) is 6.98. The van der Waals surface area contributed by atoms with Crippen LogP contribution in [0.25, 0.3) is 0 Å². The van der Waals surface area contributed by atoms with Crippen molar-refractivity contribution in [1.82, 2.24) is 0 Å². The minimum absolute atomic E-state index is 0.0476. The SMILES string of the molecule is CC(C)(C)C(=O)COc1c2cc(C(C)(C)C)cc1Cc1cc(C(C)(C)C)cc(c1OCC(=O)C(C)(C)C)Cc1cc(C(C)(C)C)cc(c1OCC(=O)C(C)(C)C)Cc1cc(C(C)(C)C)cc(c1OCC(=O)C(C)(C)C)COC2. The first kappa shape index (κ1) is 63.6. The number of hydrogen-bond donors (Lipinski definition) is 0. The molecule has 1 aliphatic rings. The molecule has 0 aliphatic carbocycles. The average Bonchev–Trinajstić information content (AvgIpc) is 3.26. The first-order chi connectivity index (χ1) is 35.3. The zero-order valence-electron chi connectivity index (χ0n) is 52.7. The fourth-order valence-electron chi connectivity index (χ4n) is 8.80. The standard InChI is InChI=1S/C69H98O9/c1-62(2,3)50-28-42-25-43-29-51(63(4,5)6)31-45(59(43)76-39-55(71)67(16,17)18)27-47-33-53(65(10,11)12)35-49(61(47)78-41-57(73)69(22,23)24)37-74-36-48-34-52(64(7,8)9)32-46(60(48)77-40-56(72)68(19,20)21)26-44(30-50)58(42)75-38-54(70)66(13,14)15/h28-35H,25-27,36-41H2,1-24H3. The van der Waals surface area contributed by atoms with Gasteiger partial charge in [0.2, 0.25) is 0 Å². The topological polar surface area (TPSA) is 114 Å². The summed E-state index contributed by atoms with van der Waals surface area (Å²) in [5.74, 6) is 2.08. The predicted molar refractivity (Wildman–Crippen MR) is 317 cm³/mol. The molecule has 4 aromatic rings. The van der Waals surface area contributed by atoms with Gasteiger partial charge in [-0.3, -0.25) is 19.2 Å². The van der Waals surface area contributed by atoms with Crippen LogP contribution in [0.5, 0.6) is 23.0 Å². The molecule has 9 heteroatoms. The summed E-state index contributed by atoms with van der Waals surface area (Å²) in [4.78, 5) is 55.7. The van der Waals surface area contributed by atoms with Gasteiger partial charge in [-0.1, -0.05) is 203 Å². The number of fused-ring (bicyclic) bond motifs is 8. The fourth-order valence-corrected chi connectivity index (χ4v) is 8.80. The first-order valence-electron chi connectivity index (χ1n) is 28.2. The number of carbonyl (C=O) groups is 4. The molecular weight excluding hydrogens is 973 g/mol. The molecular formula is C69H98O9. The second-order valence-corrected chi connectivity index (χ2v) is 30.4. The Morgan fingerprint density at radius 2 is 0.474 bits per heavy atom. The Kier molecular flexibility index (Phi) is 18.8. The Morgan fingerprint density at radius 3 is 0.641 bits per heavy atom. The minimum atomic E-state index is -0.670. The average molecular weight is 1070 g/mol. The predicted octanol–water partition coefficient (Wildman–Crippen LogP) is 15.7. The fraction of sp³-hybridized carbons (Fsp3) is 0.594. The van der Waals surface area contributed by atoms with Crippen molar-refractivity contribution in [3.05, 3.63) is 115 Å². The number of rotatable bonds is 12. The van der Waals surface area contributed by atoms with Crippen LogP contribution in [0, 0.1) is 21.7 Å². The Labute approximate surface area is 470 Å². The van der Waals surface area contributed by atoms with Gasteiger partial charge in [-0.25, -0.2) is 0 Å². The van der Waals surface area contributed by atoms with Crippen molar-refractivity contribution in [3.8, 4) is 23.0 Å². The van der Waals surface area contributed by atoms with Crippen molar-refractivity contribution in [2.75, 3.05) is 26.4 Å². The van der Waals surface area contributed by atoms with E-state index >= 15 is 0 Å². The van der Waals surface area contributed by atoms with E-state index in [1.165, 1.54) is 0 Å². The van der Waals surface area contributed by atoms with Gasteiger partial charge in [0.1, 0.15) is 49.4 Å². The third kappa shape index (κ3) is 16.4. The van der Waals surface area contributed by atoms with Crippen LogP contribution < -0.4 is 18.9 Å². The third-order valence-electron chi connectivity index (χ3n) is 14.8. The van der Waals surface area contributed by atoms with Crippen molar-refractivity contribution < 1.29 is 42.9 Å². The van der Waals surface area contributed by atoms with Crippen molar-refractivity contribution in [3.63, 3.8) is 0 Å². The Morgan fingerprint density at radius 1 is 0.308 bits per heavy atom. The molecule has 0 aromatic heterocycles. The molecule has 4 aromatic carbocycles. The van der Waals surface area contributed by atoms with Crippen LogP contribution in [-0.4, -0.2) is 49.6 Å². The normalized spacial score (nSPS) is 14.3. The van der Waals surface area contributed by atoms with E-state index in [0.29, 0.717) is 42.3 Å². The second kappa shape index (κ2) is 23.1. The molecule has 78 heavy (non-hydrogen) atoms. The van der Waals surface area contributed by atoms with Crippen LogP contribution >= 0.6 is 0 Å². The molecule has 428 valence electrons. The number of benzene rings is 4. The van der Waals surface area contributed by atoms with Crippen molar-refractivity contribution in [1.29, 1.82) is 0 Å². The lowest BCUT2D eigenvalue weighted by molar-refractivity contribution is -0.129. The molecule has 0 atom stereocenters. The maximum atomic E-state index is 14.0. The van der Waals surface area contributed by atoms with Crippen LogP contribution in [-0.2, 0) is 78.1 Å². The van der Waals surface area contributed by atoms with E-state index in [1.54, 1.807) is 0 Å². The van der Waals surface area contributed by atoms with E-state index in [0.717, 1.165) is 66.8 Å². The zero-order valence-corrected chi connectivity index (χ0v) is 52.7. The second-order valence-electron chi connectivity index (χ2n) is 30.4. The van der Waals surface area contributed by atoms with E-state index in [4.69, 9.17) is 23.7 Å². The molecule has 0 N–H and O–H groups in total. The monoisotopic (exact) mass is 1070 g/mol. The molecule has 0 amide bonds. The highest BCUT2D eigenvalue weighted by molar-refractivity contribution is 5.86. The van der Waals surface area contributed by atoms with Crippen LogP contribution in [0.15, 0.2) is 48.5 Å². The first-order valence-corrected chi connectivity index (χ1v) is 28.2. The molecule has 0 saturated carbocycles. The zero-order chi connectivity index (χ0) is 59.1. The molecule has 5 rings (SSSR count). The summed E-state index contributed by atoms with van der Waals surface area (Å²) in [7, 11) is 0. The Hall–Kier alpha value is -5.28. The van der Waals surface area contributed by atoms with Gasteiger partial charge in [-0.15, -0.1) is 0 Å². The van der Waals surface area contributed by atoms with Crippen molar-refractivity contribution >= 4 is 23.1 Å². The molecule has 0 saturated heterocycles. The van der Waals surface area contributed by atoms with Gasteiger partial charge in [0.05, 0.1) is 13.2 Å². The lowest BCUT2D eigenvalue weighted by Crippen LogP contribution is -2.27. The van der Waals surface area contributed by atoms with Gasteiger partial charge >= 0.3 is 0 Å². The lowest BCUT2D eigenvalue weighted by Gasteiger charge is -2.29. The highest BCUT2D eigenvalue weighted by Gasteiger charge is 2.32. The van der Waals surface area contributed by atoms with E-state index in [9.17, 15) is 19.2 Å². The number of ether oxygens (including phenoxy) is 5. The van der Waals surface area contributed by atoms with Crippen molar-refractivity contribution in [2.24, 2.45) is 21.7 Å². The maximum absolute atomic E-state index is 14.0. The molecule has 8 bridgehead atoms. The molecule has 0 fully saturated rings. The van der Waals surface area contributed by atoms with Gasteiger partial charge in [-0.2, -0.15) is 0 Å². The highest BCUT2D eigenvalue weighted by atomic mass is 16.5. The highest BCUT2D eigenvalue weighted by Crippen LogP contribution is 2.44. The summed E-state index contributed by atoms with van der Waals surface area (Å²) in [5, 5.41) is 0. The third-order valence-corrected chi connectivity index (χ3v) is 14.8. The summed E-state index contributed by atoms with van der Waals surface area (Å²) >= 11 is 0. The lowest BCUT2D eigenvalue weighted by atomic mass is 9.80. The van der Waals surface area contributed by atoms with Crippen LogP contribution in [0.2, 0.25) is 0 Å². The molecule has 0 spiro atoms. The number of carbonyl (C=O) groups excluding carboxylic acids is 4. The summed E-state index contributed by atoms with van der Waals surface area (Å²) in [6.45, 7) is 48.7. The molecule has 1 heterocycles. The smallest absolute Gasteiger partial charge is 0.175 e. The van der Waals surface area contributed by atoms with E-state index in [1.807, 2.05) is 83.1 Å². The minimum Gasteiger partial charge on any atom is -0.485 e. The summed E-state index contributed by atoms with van der Waals surface area (Å²) in [6.07, 6.45) is 0.992. The quantitative estimate of drug-likeness (QED) is 0.137. The molecule has 0 radical (unpaired) electrons. The van der Waals surface area contributed by atoms with E-state index < -0.39 is 21.7 Å². The van der Waals surface area contributed by atoms with Gasteiger partial charge in [0.25, 0.3) is 0 Å². The van der Waals surface area contributed by atoms with E-state index in [-0.39, 0.29) is 84.4 Å². The van der Waals surface area contributed by atoms with E-state index in [2.05, 4.69) is 132 Å². The van der Waals surface area contributed by atoms with Crippen molar-refractivity contribution in [2.45, 2.75) is 220 Å². The van der Waals surface area contributed by atoms with Gasteiger partial charge < -0.3 is 23.7 Å². The molecule has 9 nitrogen and oxygen atoms in total. The Bertz CT molecular complexity index is 2680. The van der Waals surface area contributed by atoms with Crippen LogP contribution in [0.3, 0.4) is 0 Å². The number of Topliss-reactive ketones (excluding diaryl/α,β-unsaturated/α-hetero) is 4. The molecule has 0 unspecified atom stereocenters. The van der Waals surface area contributed by atoms with Crippen LogP contribution in [0.1, 0.15) is 233 Å². The summed E-state index contributed by atoms with van der Waals surface area (Å²) in [6, 6.07) is 17.4. The van der Waals surface area contributed by atoms with Crippen LogP contribution in [0.4, 0.5) is 0 Å². The maximum Gasteiger partial charge on any atom is 0.175 e. The van der Waals surface area contributed by atoms with Gasteiger partial charge in [0.15, 0.2) is 23.1 Å². The number of hydrogen-bond acceptors (Lipinski definition) is 9. The largest absolute Gasteiger partial charge is 0.485 e. The number of ketones is 4.